The average molecular weight is 558 g/mol. The Bertz CT molecular complexity index is 1410. The molecule has 0 radical (unpaired) electrons. The number of anilines is 1. The molecule has 1 N–H and O–H groups in total. The summed E-state index contributed by atoms with van der Waals surface area (Å²) < 4.78 is 12.1. The monoisotopic (exact) mass is 557 g/mol. The van der Waals surface area contributed by atoms with Gasteiger partial charge in [-0.1, -0.05) is 54.6 Å². The van der Waals surface area contributed by atoms with Crippen LogP contribution in [-0.4, -0.2) is 82.7 Å². The number of hydrogen-bond donors (Lipinski definition) is 1. The minimum Gasteiger partial charge on any atom is -0.497 e. The second kappa shape index (κ2) is 10.2. The number of hydrogen-bond acceptors (Lipinski definition) is 6. The summed E-state index contributed by atoms with van der Waals surface area (Å²) in [5.74, 6) is -1.99. The average Bonchev–Trinajstić information content (AvgIpc) is 3.26. The van der Waals surface area contributed by atoms with Crippen molar-refractivity contribution in [2.45, 2.75) is 43.7 Å². The Morgan fingerprint density at radius 1 is 0.951 bits per heavy atom. The third-order valence-electron chi connectivity index (χ3n) is 8.92. The van der Waals surface area contributed by atoms with Gasteiger partial charge in [-0.15, -0.1) is 0 Å². The Balaban J connectivity index is 1.43. The lowest BCUT2D eigenvalue weighted by molar-refractivity contribution is -0.151. The van der Waals surface area contributed by atoms with E-state index >= 15 is 0 Å². The molecule has 2 saturated heterocycles. The molecule has 9 heteroatoms. The number of likely N-dealkylation sites (tertiary alicyclic amines) is 1. The topological polar surface area (TPSA) is 99.6 Å². The van der Waals surface area contributed by atoms with Crippen LogP contribution < -0.4 is 9.64 Å². The molecular formula is C32H35N3O6. The third-order valence-corrected chi connectivity index (χ3v) is 8.92. The minimum atomic E-state index is -1.38. The molecular weight excluding hydrogens is 522 g/mol. The summed E-state index contributed by atoms with van der Waals surface area (Å²) in [6.45, 7) is 4.25. The van der Waals surface area contributed by atoms with E-state index in [1.807, 2.05) is 61.6 Å². The molecule has 0 aliphatic carbocycles. The summed E-state index contributed by atoms with van der Waals surface area (Å²) in [5, 5.41) is 10.2. The van der Waals surface area contributed by atoms with E-state index in [4.69, 9.17) is 9.47 Å². The van der Waals surface area contributed by atoms with E-state index < -0.39 is 35.1 Å². The standard InChI is InChI=1S/C32H35N3O6/c1-21(20-36)35-27-30(39)34(23-11-13-24(40-3)14-12-23)18-8-16-32(27)26(29(35)38)25-28(37)33(17-7-15-31(25,2)41-32)19-22-9-5-4-6-10-22/h4-16,21,25-27,36H,17-20H2,1-3H3/t21-,25-,26+,27?,31+,32+/m1/s1. The highest BCUT2D eigenvalue weighted by molar-refractivity contribution is 6.06. The molecule has 4 aliphatic rings. The summed E-state index contributed by atoms with van der Waals surface area (Å²) in [4.78, 5) is 47.9. The number of fused-ring (bicyclic) bond motifs is 2. The van der Waals surface area contributed by atoms with Gasteiger partial charge in [-0.2, -0.15) is 0 Å². The molecule has 0 bridgehead atoms. The fraction of sp³-hybridized carbons (Fsp3) is 0.406. The van der Waals surface area contributed by atoms with Crippen LogP contribution in [-0.2, 0) is 25.7 Å². The molecule has 0 saturated carbocycles. The van der Waals surface area contributed by atoms with Crippen LogP contribution in [0, 0.1) is 11.8 Å². The molecule has 1 unspecified atom stereocenters. The largest absolute Gasteiger partial charge is 0.497 e. The van der Waals surface area contributed by atoms with Crippen LogP contribution in [0.25, 0.3) is 0 Å². The maximum atomic E-state index is 14.4. The molecule has 214 valence electrons. The Kier molecular flexibility index (Phi) is 6.74. The first-order chi connectivity index (χ1) is 19.7. The van der Waals surface area contributed by atoms with Gasteiger partial charge in [-0.25, -0.2) is 0 Å². The fourth-order valence-corrected chi connectivity index (χ4v) is 7.01. The van der Waals surface area contributed by atoms with Gasteiger partial charge in [0.2, 0.25) is 11.8 Å². The van der Waals surface area contributed by atoms with Crippen molar-refractivity contribution < 1.29 is 29.0 Å². The minimum absolute atomic E-state index is 0.189. The molecule has 4 heterocycles. The van der Waals surface area contributed by atoms with Gasteiger partial charge in [-0.3, -0.25) is 14.4 Å². The molecule has 0 aromatic heterocycles. The number of benzene rings is 2. The first-order valence-corrected chi connectivity index (χ1v) is 14.0. The zero-order valence-corrected chi connectivity index (χ0v) is 23.5. The van der Waals surface area contributed by atoms with Crippen LogP contribution in [0.3, 0.4) is 0 Å². The van der Waals surface area contributed by atoms with Crippen molar-refractivity contribution in [3.05, 3.63) is 84.5 Å². The van der Waals surface area contributed by atoms with Crippen molar-refractivity contribution in [3.8, 4) is 5.75 Å². The Hall–Kier alpha value is -3.95. The van der Waals surface area contributed by atoms with Crippen molar-refractivity contribution >= 4 is 23.4 Å². The zero-order valence-electron chi connectivity index (χ0n) is 23.5. The molecule has 3 amide bonds. The summed E-state index contributed by atoms with van der Waals surface area (Å²) >= 11 is 0. The van der Waals surface area contributed by atoms with Gasteiger partial charge >= 0.3 is 0 Å². The van der Waals surface area contributed by atoms with Gasteiger partial charge in [-0.05, 0) is 43.7 Å². The second-order valence-electron chi connectivity index (χ2n) is 11.4. The van der Waals surface area contributed by atoms with E-state index in [1.165, 1.54) is 4.90 Å². The van der Waals surface area contributed by atoms with Gasteiger partial charge in [0.25, 0.3) is 5.91 Å². The Morgan fingerprint density at radius 3 is 2.34 bits per heavy atom. The van der Waals surface area contributed by atoms with Gasteiger partial charge in [0.1, 0.15) is 17.4 Å². The number of aliphatic hydroxyl groups excluding tert-OH is 1. The zero-order chi connectivity index (χ0) is 28.9. The smallest absolute Gasteiger partial charge is 0.253 e. The highest BCUT2D eigenvalue weighted by Crippen LogP contribution is 2.58. The maximum absolute atomic E-state index is 14.4. The highest BCUT2D eigenvalue weighted by atomic mass is 16.5. The predicted molar refractivity (Wildman–Crippen MR) is 152 cm³/mol. The quantitative estimate of drug-likeness (QED) is 0.549. The molecule has 2 fully saturated rings. The van der Waals surface area contributed by atoms with Crippen molar-refractivity contribution in [2.75, 3.05) is 31.7 Å². The summed E-state index contributed by atoms with van der Waals surface area (Å²) in [7, 11) is 1.58. The number of carbonyl (C=O) groups excluding carboxylic acids is 3. The number of methoxy groups -OCH3 is 1. The van der Waals surface area contributed by atoms with Gasteiger partial charge in [0.05, 0.1) is 37.2 Å². The van der Waals surface area contributed by atoms with Crippen LogP contribution in [0.5, 0.6) is 5.75 Å². The predicted octanol–water partition coefficient (Wildman–Crippen LogP) is 2.55. The van der Waals surface area contributed by atoms with Gasteiger partial charge in [0, 0.05) is 25.3 Å². The number of aliphatic hydroxyl groups is 1. The lowest BCUT2D eigenvalue weighted by Gasteiger charge is -2.39. The first-order valence-electron chi connectivity index (χ1n) is 14.0. The van der Waals surface area contributed by atoms with E-state index in [2.05, 4.69) is 0 Å². The molecule has 41 heavy (non-hydrogen) atoms. The molecule has 6 rings (SSSR count). The molecule has 1 spiro atoms. The van der Waals surface area contributed by atoms with Crippen LogP contribution in [0.15, 0.2) is 78.9 Å². The van der Waals surface area contributed by atoms with Crippen molar-refractivity contribution in [2.24, 2.45) is 11.8 Å². The fourth-order valence-electron chi connectivity index (χ4n) is 7.01. The van der Waals surface area contributed by atoms with Crippen LogP contribution in [0.1, 0.15) is 19.4 Å². The van der Waals surface area contributed by atoms with E-state index in [0.717, 1.165) is 5.56 Å². The molecule has 2 aromatic rings. The van der Waals surface area contributed by atoms with E-state index in [1.54, 1.807) is 48.1 Å². The molecule has 6 atom stereocenters. The molecule has 2 aromatic carbocycles. The Morgan fingerprint density at radius 2 is 1.66 bits per heavy atom. The number of ether oxygens (including phenoxy) is 2. The van der Waals surface area contributed by atoms with E-state index in [-0.39, 0.29) is 30.9 Å². The van der Waals surface area contributed by atoms with Crippen molar-refractivity contribution in [1.82, 2.24) is 9.80 Å². The number of nitrogens with zero attached hydrogens (tertiary/aromatic N) is 3. The number of rotatable bonds is 6. The SMILES string of the molecule is COc1ccc(N2CC=C[C@]34O[C@@]5(C)C=CCN(Cc6ccccc6)C(=O)[C@H]5[C@H]3C(=O)N([C@H](C)CO)C4C2=O)cc1. The van der Waals surface area contributed by atoms with E-state index in [0.29, 0.717) is 24.5 Å². The summed E-state index contributed by atoms with van der Waals surface area (Å²) in [6.07, 6.45) is 7.45. The number of amides is 3. The lowest BCUT2D eigenvalue weighted by Crippen LogP contribution is -2.58. The lowest BCUT2D eigenvalue weighted by atomic mass is 9.74. The van der Waals surface area contributed by atoms with Crippen LogP contribution in [0.2, 0.25) is 0 Å². The summed E-state index contributed by atoms with van der Waals surface area (Å²) in [6, 6.07) is 15.2. The van der Waals surface area contributed by atoms with Crippen molar-refractivity contribution in [1.29, 1.82) is 0 Å². The second-order valence-corrected chi connectivity index (χ2v) is 11.4. The van der Waals surface area contributed by atoms with Crippen molar-refractivity contribution in [3.63, 3.8) is 0 Å². The first kappa shape index (κ1) is 27.2. The maximum Gasteiger partial charge on any atom is 0.253 e. The molecule has 4 aliphatic heterocycles. The number of carbonyl (C=O) groups is 3. The summed E-state index contributed by atoms with van der Waals surface area (Å²) in [5.41, 5.74) is -0.852. The van der Waals surface area contributed by atoms with Gasteiger partial charge < -0.3 is 29.3 Å². The van der Waals surface area contributed by atoms with Crippen LogP contribution in [0.4, 0.5) is 5.69 Å². The third kappa shape index (κ3) is 4.18. The Labute approximate surface area is 239 Å². The van der Waals surface area contributed by atoms with Crippen LogP contribution >= 0.6 is 0 Å². The van der Waals surface area contributed by atoms with Gasteiger partial charge in [0.15, 0.2) is 0 Å². The normalized spacial score (nSPS) is 31.5. The van der Waals surface area contributed by atoms with E-state index in [9.17, 15) is 19.5 Å². The molecule has 9 nitrogen and oxygen atoms in total. The highest BCUT2D eigenvalue weighted by Gasteiger charge is 2.75.